The molecule has 1 aliphatic rings. The zero-order valence-electron chi connectivity index (χ0n) is 8.92. The average molecular weight is 260 g/mol. The summed E-state index contributed by atoms with van der Waals surface area (Å²) in [6.07, 6.45) is 1.62. The van der Waals surface area contributed by atoms with Crippen LogP contribution in [0.4, 0.5) is 0 Å². The quantitative estimate of drug-likeness (QED) is 0.761. The predicted octanol–water partition coefficient (Wildman–Crippen LogP) is -0.351. The first kappa shape index (κ1) is 12.1. The topological polar surface area (TPSA) is 109 Å². The predicted molar refractivity (Wildman–Crippen MR) is 57.4 cm³/mol. The fourth-order valence-electron chi connectivity index (χ4n) is 1.68. The first-order valence-corrected chi connectivity index (χ1v) is 6.90. The van der Waals surface area contributed by atoms with E-state index < -0.39 is 15.8 Å². The summed E-state index contributed by atoms with van der Waals surface area (Å²) < 4.78 is 27.3. The van der Waals surface area contributed by atoms with E-state index in [-0.39, 0.29) is 35.7 Å². The highest BCUT2D eigenvalue weighted by atomic mass is 32.2. The highest BCUT2D eigenvalue weighted by Gasteiger charge is 2.27. The minimum atomic E-state index is -2.92. The average Bonchev–Trinajstić information content (AvgIpc) is 2.81. The van der Waals surface area contributed by atoms with E-state index >= 15 is 0 Å². The molecule has 17 heavy (non-hydrogen) atoms. The van der Waals surface area contributed by atoms with Gasteiger partial charge in [-0.15, -0.1) is 0 Å². The summed E-state index contributed by atoms with van der Waals surface area (Å²) in [5, 5.41) is 11.6. The van der Waals surface area contributed by atoms with Crippen LogP contribution in [0.5, 0.6) is 0 Å². The number of nitrogens with zero attached hydrogens (tertiary/aromatic N) is 1. The maximum atomic E-state index is 11.2. The Morgan fingerprint density at radius 2 is 2.41 bits per heavy atom. The molecule has 94 valence electrons. The number of aromatic nitrogens is 1. The molecule has 0 bridgehead atoms. The SMILES string of the molecule is O=C(O)c1coc(CNC2CCS(=O)(=O)C2)n1. The second kappa shape index (κ2) is 4.46. The molecule has 1 aromatic heterocycles. The molecule has 0 radical (unpaired) electrons. The first-order chi connectivity index (χ1) is 7.96. The van der Waals surface area contributed by atoms with E-state index in [1.54, 1.807) is 0 Å². The molecule has 0 spiro atoms. The van der Waals surface area contributed by atoms with Crippen molar-refractivity contribution in [2.75, 3.05) is 11.5 Å². The molecule has 1 aromatic rings. The highest BCUT2D eigenvalue weighted by Crippen LogP contribution is 2.12. The fraction of sp³-hybridized carbons (Fsp3) is 0.556. The number of sulfone groups is 1. The summed E-state index contributed by atoms with van der Waals surface area (Å²) >= 11 is 0. The van der Waals surface area contributed by atoms with Crippen LogP contribution in [0, 0.1) is 0 Å². The summed E-state index contributed by atoms with van der Waals surface area (Å²) in [6, 6.07) is -0.111. The molecule has 1 saturated heterocycles. The molecule has 1 unspecified atom stereocenters. The second-order valence-corrected chi connectivity index (χ2v) is 6.14. The number of carboxylic acids is 1. The molecule has 1 aliphatic heterocycles. The van der Waals surface area contributed by atoms with Crippen LogP contribution in [0.1, 0.15) is 22.8 Å². The molecule has 0 saturated carbocycles. The van der Waals surface area contributed by atoms with E-state index in [0.29, 0.717) is 6.42 Å². The number of rotatable bonds is 4. The minimum Gasteiger partial charge on any atom is -0.476 e. The summed E-state index contributed by atoms with van der Waals surface area (Å²) in [5.41, 5.74) is -0.152. The van der Waals surface area contributed by atoms with Crippen molar-refractivity contribution in [3.05, 3.63) is 17.8 Å². The van der Waals surface area contributed by atoms with Crippen LogP contribution < -0.4 is 5.32 Å². The second-order valence-electron chi connectivity index (χ2n) is 3.91. The zero-order chi connectivity index (χ0) is 12.5. The van der Waals surface area contributed by atoms with E-state index in [9.17, 15) is 13.2 Å². The van der Waals surface area contributed by atoms with Gasteiger partial charge in [-0.3, -0.25) is 0 Å². The lowest BCUT2D eigenvalue weighted by Gasteiger charge is -2.07. The standard InChI is InChI=1S/C9H12N2O5S/c12-9(13)7-4-16-8(11-7)3-10-6-1-2-17(14,15)5-6/h4,6,10H,1-3,5H2,(H,12,13). The fourth-order valence-corrected chi connectivity index (χ4v) is 3.39. The van der Waals surface area contributed by atoms with Crippen molar-refractivity contribution in [1.82, 2.24) is 10.3 Å². The normalized spacial score (nSPS) is 22.7. The van der Waals surface area contributed by atoms with Crippen LogP contribution in [-0.2, 0) is 16.4 Å². The van der Waals surface area contributed by atoms with Gasteiger partial charge in [0.25, 0.3) is 0 Å². The van der Waals surface area contributed by atoms with E-state index in [2.05, 4.69) is 10.3 Å². The molecular formula is C9H12N2O5S. The Balaban J connectivity index is 1.88. The molecule has 1 fully saturated rings. The number of carboxylic acid groups (broad SMARTS) is 1. The largest absolute Gasteiger partial charge is 0.476 e. The molecule has 2 rings (SSSR count). The third-order valence-corrected chi connectivity index (χ3v) is 4.31. The number of aromatic carboxylic acids is 1. The van der Waals surface area contributed by atoms with Gasteiger partial charge >= 0.3 is 5.97 Å². The molecule has 2 heterocycles. The van der Waals surface area contributed by atoms with E-state index in [4.69, 9.17) is 9.52 Å². The maximum Gasteiger partial charge on any atom is 0.357 e. The monoisotopic (exact) mass is 260 g/mol. The molecule has 7 nitrogen and oxygen atoms in total. The number of carbonyl (C=O) groups is 1. The van der Waals surface area contributed by atoms with Gasteiger partial charge in [-0.05, 0) is 6.42 Å². The Kier molecular flexibility index (Phi) is 3.16. The van der Waals surface area contributed by atoms with Gasteiger partial charge in [0, 0.05) is 6.04 Å². The van der Waals surface area contributed by atoms with E-state index in [0.717, 1.165) is 6.26 Å². The van der Waals surface area contributed by atoms with Crippen LogP contribution in [-0.4, -0.2) is 42.0 Å². The number of hydrogen-bond acceptors (Lipinski definition) is 6. The lowest BCUT2D eigenvalue weighted by Crippen LogP contribution is -2.29. The lowest BCUT2D eigenvalue weighted by molar-refractivity contribution is 0.0690. The van der Waals surface area contributed by atoms with Gasteiger partial charge in [-0.25, -0.2) is 18.2 Å². The molecule has 0 amide bonds. The molecule has 2 N–H and O–H groups in total. The van der Waals surface area contributed by atoms with Gasteiger partial charge in [0.05, 0.1) is 18.1 Å². The summed E-state index contributed by atoms with van der Waals surface area (Å²) in [5.74, 6) is -0.606. The maximum absolute atomic E-state index is 11.2. The van der Waals surface area contributed by atoms with Gasteiger partial charge < -0.3 is 14.8 Å². The van der Waals surface area contributed by atoms with Gasteiger partial charge in [0.2, 0.25) is 5.89 Å². The van der Waals surface area contributed by atoms with Crippen LogP contribution in [0.2, 0.25) is 0 Å². The van der Waals surface area contributed by atoms with Gasteiger partial charge in [-0.1, -0.05) is 0 Å². The van der Waals surface area contributed by atoms with Crippen molar-refractivity contribution < 1.29 is 22.7 Å². The Morgan fingerprint density at radius 3 is 2.94 bits per heavy atom. The highest BCUT2D eigenvalue weighted by molar-refractivity contribution is 7.91. The van der Waals surface area contributed by atoms with Crippen LogP contribution in [0.15, 0.2) is 10.7 Å². The Bertz CT molecular complexity index is 521. The smallest absolute Gasteiger partial charge is 0.357 e. The van der Waals surface area contributed by atoms with Gasteiger partial charge in [0.15, 0.2) is 15.5 Å². The van der Waals surface area contributed by atoms with Crippen molar-refractivity contribution in [3.63, 3.8) is 0 Å². The zero-order valence-corrected chi connectivity index (χ0v) is 9.74. The van der Waals surface area contributed by atoms with E-state index in [1.165, 1.54) is 0 Å². The number of nitrogens with one attached hydrogen (secondary N) is 1. The Labute approximate surface area is 97.8 Å². The summed E-state index contributed by atoms with van der Waals surface area (Å²) in [4.78, 5) is 14.3. The molecule has 8 heteroatoms. The summed E-state index contributed by atoms with van der Waals surface area (Å²) in [7, 11) is -2.92. The van der Waals surface area contributed by atoms with Crippen molar-refractivity contribution in [2.45, 2.75) is 19.0 Å². The third kappa shape index (κ3) is 3.04. The number of hydrogen-bond donors (Lipinski definition) is 2. The Morgan fingerprint density at radius 1 is 1.65 bits per heavy atom. The minimum absolute atomic E-state index is 0.111. The number of oxazole rings is 1. The molecular weight excluding hydrogens is 248 g/mol. The van der Waals surface area contributed by atoms with Crippen molar-refractivity contribution in [1.29, 1.82) is 0 Å². The lowest BCUT2D eigenvalue weighted by atomic mass is 10.3. The van der Waals surface area contributed by atoms with Crippen LogP contribution in [0.3, 0.4) is 0 Å². The van der Waals surface area contributed by atoms with E-state index in [1.807, 2.05) is 0 Å². The third-order valence-electron chi connectivity index (χ3n) is 2.55. The Hall–Kier alpha value is -1.41. The first-order valence-electron chi connectivity index (χ1n) is 5.08. The van der Waals surface area contributed by atoms with Gasteiger partial charge in [0.1, 0.15) is 6.26 Å². The molecule has 1 atom stereocenters. The summed E-state index contributed by atoms with van der Waals surface area (Å²) in [6.45, 7) is 0.230. The van der Waals surface area contributed by atoms with Gasteiger partial charge in [-0.2, -0.15) is 0 Å². The van der Waals surface area contributed by atoms with Crippen molar-refractivity contribution in [2.24, 2.45) is 0 Å². The van der Waals surface area contributed by atoms with Crippen LogP contribution >= 0.6 is 0 Å². The van der Waals surface area contributed by atoms with Crippen molar-refractivity contribution in [3.8, 4) is 0 Å². The van der Waals surface area contributed by atoms with Crippen LogP contribution in [0.25, 0.3) is 0 Å². The van der Waals surface area contributed by atoms with Crippen molar-refractivity contribution >= 4 is 15.8 Å². The molecule has 0 aliphatic carbocycles. The molecule has 0 aromatic carbocycles.